The van der Waals surface area contributed by atoms with Crippen molar-refractivity contribution in [3.05, 3.63) is 46.4 Å². The molecule has 0 saturated carbocycles. The van der Waals surface area contributed by atoms with Gasteiger partial charge in [0, 0.05) is 19.4 Å². The average molecular weight is 258 g/mol. The molecule has 0 amide bonds. The van der Waals surface area contributed by atoms with Crippen LogP contribution in [0.4, 0.5) is 0 Å². The summed E-state index contributed by atoms with van der Waals surface area (Å²) >= 11 is 0. The molecule has 4 nitrogen and oxygen atoms in total. The van der Waals surface area contributed by atoms with Gasteiger partial charge in [0.15, 0.2) is 0 Å². The zero-order valence-electron chi connectivity index (χ0n) is 11.5. The van der Waals surface area contributed by atoms with Gasteiger partial charge in [-0.05, 0) is 31.5 Å². The van der Waals surface area contributed by atoms with Gasteiger partial charge in [-0.3, -0.25) is 9.78 Å². The summed E-state index contributed by atoms with van der Waals surface area (Å²) in [5, 5.41) is 0. The summed E-state index contributed by atoms with van der Waals surface area (Å²) in [5.74, 6) is 0. The molecule has 19 heavy (non-hydrogen) atoms. The predicted octanol–water partition coefficient (Wildman–Crippen LogP) is 2.46. The van der Waals surface area contributed by atoms with Gasteiger partial charge in [0.05, 0.1) is 23.7 Å². The molecule has 1 atom stereocenters. The second kappa shape index (κ2) is 5.80. The number of rotatable bonds is 4. The quantitative estimate of drug-likeness (QED) is 0.846. The molecule has 4 heteroatoms. The Labute approximate surface area is 112 Å². The number of hydrogen-bond donors (Lipinski definition) is 0. The van der Waals surface area contributed by atoms with Crippen molar-refractivity contribution in [1.29, 1.82) is 0 Å². The van der Waals surface area contributed by atoms with Gasteiger partial charge in [-0.1, -0.05) is 12.2 Å². The molecule has 2 aromatic heterocycles. The maximum atomic E-state index is 12.0. The van der Waals surface area contributed by atoms with E-state index in [2.05, 4.69) is 4.98 Å². The minimum Gasteiger partial charge on any atom is -0.380 e. The number of fused-ring (bicyclic) bond motifs is 1. The lowest BCUT2D eigenvalue weighted by molar-refractivity contribution is 0.103. The standard InChI is InChI=1S/C15H18N2O2/c1-4-5-12-8-14-13(16-9-12)6-7-15(18)17(14)10-11(2)19-3/h4-9,11H,10H2,1-3H3/b5-4+. The molecular formula is C15H18N2O2. The van der Waals surface area contributed by atoms with Crippen LogP contribution < -0.4 is 5.56 Å². The third-order valence-electron chi connectivity index (χ3n) is 3.06. The normalized spacial score (nSPS) is 13.2. The van der Waals surface area contributed by atoms with Crippen LogP contribution in [0.1, 0.15) is 19.4 Å². The summed E-state index contributed by atoms with van der Waals surface area (Å²) < 4.78 is 6.95. The van der Waals surface area contributed by atoms with Gasteiger partial charge in [-0.15, -0.1) is 0 Å². The van der Waals surface area contributed by atoms with Crippen molar-refractivity contribution in [3.8, 4) is 0 Å². The smallest absolute Gasteiger partial charge is 0.251 e. The molecule has 2 heterocycles. The maximum Gasteiger partial charge on any atom is 0.251 e. The molecule has 0 radical (unpaired) electrons. The SMILES string of the molecule is C/C=C/c1cnc2ccc(=O)n(CC(C)OC)c2c1. The Morgan fingerprint density at radius 2 is 2.26 bits per heavy atom. The van der Waals surface area contributed by atoms with E-state index in [1.165, 1.54) is 0 Å². The Morgan fingerprint density at radius 1 is 1.47 bits per heavy atom. The number of hydrogen-bond acceptors (Lipinski definition) is 3. The van der Waals surface area contributed by atoms with E-state index in [1.54, 1.807) is 30.0 Å². The highest BCUT2D eigenvalue weighted by molar-refractivity contribution is 5.77. The Kier molecular flexibility index (Phi) is 4.12. The van der Waals surface area contributed by atoms with Crippen LogP contribution in [-0.2, 0) is 11.3 Å². The van der Waals surface area contributed by atoms with Crippen LogP contribution in [0.5, 0.6) is 0 Å². The third-order valence-corrected chi connectivity index (χ3v) is 3.06. The fourth-order valence-electron chi connectivity index (χ4n) is 1.99. The zero-order valence-corrected chi connectivity index (χ0v) is 11.5. The summed E-state index contributed by atoms with van der Waals surface area (Å²) in [7, 11) is 1.64. The van der Waals surface area contributed by atoms with Crippen LogP contribution in [0.3, 0.4) is 0 Å². The van der Waals surface area contributed by atoms with Crippen molar-refractivity contribution < 1.29 is 4.74 Å². The average Bonchev–Trinajstić information content (AvgIpc) is 2.42. The molecular weight excluding hydrogens is 240 g/mol. The molecule has 0 aromatic carbocycles. The monoisotopic (exact) mass is 258 g/mol. The number of pyridine rings is 2. The summed E-state index contributed by atoms with van der Waals surface area (Å²) in [6, 6.07) is 5.28. The Bertz CT molecular complexity index is 659. The molecule has 100 valence electrons. The van der Waals surface area contributed by atoms with E-state index in [0.717, 1.165) is 16.6 Å². The molecule has 0 bridgehead atoms. The van der Waals surface area contributed by atoms with Crippen molar-refractivity contribution in [3.63, 3.8) is 0 Å². The van der Waals surface area contributed by atoms with E-state index in [9.17, 15) is 4.79 Å². The van der Waals surface area contributed by atoms with Crippen molar-refractivity contribution in [2.75, 3.05) is 7.11 Å². The predicted molar refractivity (Wildman–Crippen MR) is 77.2 cm³/mol. The molecule has 2 rings (SSSR count). The van der Waals surface area contributed by atoms with Gasteiger partial charge in [0.25, 0.3) is 5.56 Å². The van der Waals surface area contributed by atoms with E-state index in [-0.39, 0.29) is 11.7 Å². The highest BCUT2D eigenvalue weighted by Gasteiger charge is 2.08. The Balaban J connectivity index is 2.61. The van der Waals surface area contributed by atoms with Crippen LogP contribution in [0.2, 0.25) is 0 Å². The van der Waals surface area contributed by atoms with Crippen LogP contribution in [0, 0.1) is 0 Å². The highest BCUT2D eigenvalue weighted by atomic mass is 16.5. The molecule has 0 aliphatic heterocycles. The van der Waals surface area contributed by atoms with Gasteiger partial charge in [0.1, 0.15) is 0 Å². The van der Waals surface area contributed by atoms with Crippen LogP contribution in [0.15, 0.2) is 35.3 Å². The van der Waals surface area contributed by atoms with Crippen LogP contribution in [0.25, 0.3) is 17.1 Å². The molecule has 0 fully saturated rings. The van der Waals surface area contributed by atoms with E-state index in [1.807, 2.05) is 32.1 Å². The van der Waals surface area contributed by atoms with Crippen LogP contribution >= 0.6 is 0 Å². The van der Waals surface area contributed by atoms with Crippen molar-refractivity contribution in [1.82, 2.24) is 9.55 Å². The Morgan fingerprint density at radius 3 is 2.95 bits per heavy atom. The topological polar surface area (TPSA) is 44.1 Å². The molecule has 0 aliphatic rings. The molecule has 0 saturated heterocycles. The Hall–Kier alpha value is -1.94. The number of ether oxygens (including phenoxy) is 1. The van der Waals surface area contributed by atoms with E-state index < -0.39 is 0 Å². The molecule has 0 aliphatic carbocycles. The largest absolute Gasteiger partial charge is 0.380 e. The van der Waals surface area contributed by atoms with Crippen LogP contribution in [-0.4, -0.2) is 22.8 Å². The van der Waals surface area contributed by atoms with Gasteiger partial charge >= 0.3 is 0 Å². The second-order valence-corrected chi connectivity index (χ2v) is 4.50. The fourth-order valence-corrected chi connectivity index (χ4v) is 1.99. The van der Waals surface area contributed by atoms with Crippen molar-refractivity contribution in [2.24, 2.45) is 0 Å². The third kappa shape index (κ3) is 2.90. The first kappa shape index (κ1) is 13.5. The maximum absolute atomic E-state index is 12.0. The fraction of sp³-hybridized carbons (Fsp3) is 0.333. The van der Waals surface area contributed by atoms with Gasteiger partial charge in [-0.25, -0.2) is 0 Å². The summed E-state index contributed by atoms with van der Waals surface area (Å²) in [5.41, 5.74) is 2.61. The molecule has 1 unspecified atom stereocenters. The van der Waals surface area contributed by atoms with Gasteiger partial charge < -0.3 is 9.30 Å². The summed E-state index contributed by atoms with van der Waals surface area (Å²) in [4.78, 5) is 16.4. The second-order valence-electron chi connectivity index (χ2n) is 4.50. The van der Waals surface area contributed by atoms with E-state index in [4.69, 9.17) is 4.74 Å². The first-order valence-electron chi connectivity index (χ1n) is 6.30. The molecule has 2 aromatic rings. The number of methoxy groups -OCH3 is 1. The summed E-state index contributed by atoms with van der Waals surface area (Å²) in [6.07, 6.45) is 5.70. The lowest BCUT2D eigenvalue weighted by Crippen LogP contribution is -2.26. The lowest BCUT2D eigenvalue weighted by atomic mass is 10.2. The number of aromatic nitrogens is 2. The number of allylic oxidation sites excluding steroid dienone is 1. The first-order valence-corrected chi connectivity index (χ1v) is 6.30. The van der Waals surface area contributed by atoms with Gasteiger partial charge in [0.2, 0.25) is 0 Å². The summed E-state index contributed by atoms with van der Waals surface area (Å²) in [6.45, 7) is 4.41. The molecule has 0 N–H and O–H groups in total. The number of nitrogens with zero attached hydrogens (tertiary/aromatic N) is 2. The van der Waals surface area contributed by atoms with E-state index >= 15 is 0 Å². The minimum absolute atomic E-state index is 0.0197. The van der Waals surface area contributed by atoms with E-state index in [0.29, 0.717) is 6.54 Å². The van der Waals surface area contributed by atoms with Crippen molar-refractivity contribution in [2.45, 2.75) is 26.5 Å². The van der Waals surface area contributed by atoms with Gasteiger partial charge in [-0.2, -0.15) is 0 Å². The first-order chi connectivity index (χ1) is 9.15. The van der Waals surface area contributed by atoms with Crippen molar-refractivity contribution >= 4 is 17.1 Å². The lowest BCUT2D eigenvalue weighted by Gasteiger charge is -2.14. The molecule has 0 spiro atoms. The minimum atomic E-state index is -0.0316. The highest BCUT2D eigenvalue weighted by Crippen LogP contribution is 2.13. The zero-order chi connectivity index (χ0) is 13.8.